The third-order valence-corrected chi connectivity index (χ3v) is 3.20. The molecular weight excluding hydrogens is 182 g/mol. The molecule has 0 bridgehead atoms. The van der Waals surface area contributed by atoms with Crippen LogP contribution in [0.2, 0.25) is 0 Å². The van der Waals surface area contributed by atoms with Crippen LogP contribution in [-0.4, -0.2) is 25.0 Å². The molecule has 0 amide bonds. The summed E-state index contributed by atoms with van der Waals surface area (Å²) in [5.41, 5.74) is 2.69. The van der Waals surface area contributed by atoms with Crippen LogP contribution in [0, 0.1) is 5.92 Å². The smallest absolute Gasteiger partial charge is 0.00103 e. The fourth-order valence-corrected chi connectivity index (χ4v) is 2.37. The Morgan fingerprint density at radius 1 is 1.53 bits per heavy atom. The topological polar surface area (TPSA) is 3.24 Å². The molecule has 15 heavy (non-hydrogen) atoms. The summed E-state index contributed by atoms with van der Waals surface area (Å²) in [7, 11) is 2.21. The molecule has 1 unspecified atom stereocenters. The SMILES string of the molecule is C=Cc1cccc(CC2CCN(C)C2)c1. The molecule has 1 nitrogen and oxygen atoms in total. The molecule has 0 aromatic heterocycles. The molecule has 0 saturated carbocycles. The quantitative estimate of drug-likeness (QED) is 0.727. The van der Waals surface area contributed by atoms with Gasteiger partial charge >= 0.3 is 0 Å². The third kappa shape index (κ3) is 2.69. The van der Waals surface area contributed by atoms with E-state index < -0.39 is 0 Å². The molecule has 2 rings (SSSR count). The van der Waals surface area contributed by atoms with Gasteiger partial charge in [0.05, 0.1) is 0 Å². The minimum atomic E-state index is 0.843. The van der Waals surface area contributed by atoms with Gasteiger partial charge in [0.2, 0.25) is 0 Å². The predicted molar refractivity (Wildman–Crippen MR) is 65.8 cm³/mol. The maximum absolute atomic E-state index is 3.81. The first-order valence-electron chi connectivity index (χ1n) is 5.68. The van der Waals surface area contributed by atoms with Crippen molar-refractivity contribution in [2.45, 2.75) is 12.8 Å². The lowest BCUT2D eigenvalue weighted by Crippen LogP contribution is -2.14. The van der Waals surface area contributed by atoms with Gasteiger partial charge in [-0.15, -0.1) is 0 Å². The van der Waals surface area contributed by atoms with Crippen molar-refractivity contribution in [3.63, 3.8) is 0 Å². The van der Waals surface area contributed by atoms with E-state index in [0.29, 0.717) is 0 Å². The van der Waals surface area contributed by atoms with E-state index in [9.17, 15) is 0 Å². The lowest BCUT2D eigenvalue weighted by atomic mass is 9.97. The second-order valence-electron chi connectivity index (χ2n) is 4.57. The van der Waals surface area contributed by atoms with Crippen molar-refractivity contribution in [3.05, 3.63) is 42.0 Å². The van der Waals surface area contributed by atoms with E-state index in [1.54, 1.807) is 0 Å². The summed E-state index contributed by atoms with van der Waals surface area (Å²) in [4.78, 5) is 2.42. The first kappa shape index (κ1) is 10.4. The van der Waals surface area contributed by atoms with E-state index in [2.05, 4.69) is 42.8 Å². The highest BCUT2D eigenvalue weighted by molar-refractivity contribution is 5.47. The molecule has 1 aromatic rings. The molecule has 1 aliphatic rings. The summed E-state index contributed by atoms with van der Waals surface area (Å²) < 4.78 is 0. The molecule has 80 valence electrons. The highest BCUT2D eigenvalue weighted by Gasteiger charge is 2.19. The first-order chi connectivity index (χ1) is 7.28. The van der Waals surface area contributed by atoms with E-state index in [1.165, 1.54) is 37.1 Å². The van der Waals surface area contributed by atoms with Gasteiger partial charge in [0.1, 0.15) is 0 Å². The lowest BCUT2D eigenvalue weighted by molar-refractivity contribution is 0.394. The maximum Gasteiger partial charge on any atom is 0.00103 e. The summed E-state index contributed by atoms with van der Waals surface area (Å²) in [5.74, 6) is 0.843. The van der Waals surface area contributed by atoms with Crippen LogP contribution in [0.25, 0.3) is 6.08 Å². The third-order valence-electron chi connectivity index (χ3n) is 3.20. The minimum absolute atomic E-state index is 0.843. The monoisotopic (exact) mass is 201 g/mol. The normalized spacial score (nSPS) is 21.8. The zero-order valence-corrected chi connectivity index (χ0v) is 9.45. The molecule has 1 aromatic carbocycles. The number of likely N-dealkylation sites (tertiary alicyclic amines) is 1. The molecule has 1 atom stereocenters. The zero-order chi connectivity index (χ0) is 10.7. The van der Waals surface area contributed by atoms with Crippen LogP contribution in [-0.2, 0) is 6.42 Å². The molecule has 0 aliphatic carbocycles. The van der Waals surface area contributed by atoms with Gasteiger partial charge in [0, 0.05) is 6.54 Å². The summed E-state index contributed by atoms with van der Waals surface area (Å²) in [5, 5.41) is 0. The highest BCUT2D eigenvalue weighted by atomic mass is 15.1. The van der Waals surface area contributed by atoms with E-state index in [4.69, 9.17) is 0 Å². The van der Waals surface area contributed by atoms with Gasteiger partial charge < -0.3 is 4.90 Å². The average Bonchev–Trinajstić information content (AvgIpc) is 2.64. The Kier molecular flexibility index (Phi) is 3.22. The average molecular weight is 201 g/mol. The molecule has 0 radical (unpaired) electrons. The molecule has 1 fully saturated rings. The van der Waals surface area contributed by atoms with Crippen LogP contribution in [0.4, 0.5) is 0 Å². The second kappa shape index (κ2) is 4.63. The van der Waals surface area contributed by atoms with Crippen LogP contribution in [0.5, 0.6) is 0 Å². The number of rotatable bonds is 3. The number of benzene rings is 1. The zero-order valence-electron chi connectivity index (χ0n) is 9.45. The number of hydrogen-bond donors (Lipinski definition) is 0. The van der Waals surface area contributed by atoms with Gasteiger partial charge in [-0.3, -0.25) is 0 Å². The second-order valence-corrected chi connectivity index (χ2v) is 4.57. The van der Waals surface area contributed by atoms with Gasteiger partial charge in [-0.2, -0.15) is 0 Å². The Balaban J connectivity index is 2.01. The summed E-state index contributed by atoms with van der Waals surface area (Å²) in [6.07, 6.45) is 4.48. The van der Waals surface area contributed by atoms with Crippen molar-refractivity contribution in [2.75, 3.05) is 20.1 Å². The van der Waals surface area contributed by atoms with Gasteiger partial charge in [-0.05, 0) is 43.5 Å². The van der Waals surface area contributed by atoms with Crippen molar-refractivity contribution in [1.29, 1.82) is 0 Å². The molecule has 1 heteroatoms. The van der Waals surface area contributed by atoms with Crippen LogP contribution in [0.1, 0.15) is 17.5 Å². The fraction of sp³-hybridized carbons (Fsp3) is 0.429. The Labute approximate surface area is 92.4 Å². The van der Waals surface area contributed by atoms with E-state index in [1.807, 2.05) is 6.08 Å². The van der Waals surface area contributed by atoms with Crippen molar-refractivity contribution < 1.29 is 0 Å². The number of nitrogens with zero attached hydrogens (tertiary/aromatic N) is 1. The van der Waals surface area contributed by atoms with Gasteiger partial charge in [0.15, 0.2) is 0 Å². The van der Waals surface area contributed by atoms with Crippen molar-refractivity contribution >= 4 is 6.08 Å². The Morgan fingerprint density at radius 2 is 2.40 bits per heavy atom. The van der Waals surface area contributed by atoms with Crippen molar-refractivity contribution in [3.8, 4) is 0 Å². The van der Waals surface area contributed by atoms with Crippen LogP contribution < -0.4 is 0 Å². The van der Waals surface area contributed by atoms with E-state index in [-0.39, 0.29) is 0 Å². The summed E-state index contributed by atoms with van der Waals surface area (Å²) in [6, 6.07) is 8.72. The first-order valence-corrected chi connectivity index (χ1v) is 5.68. The highest BCUT2D eigenvalue weighted by Crippen LogP contribution is 2.20. The largest absolute Gasteiger partial charge is 0.306 e. The molecule has 1 aliphatic heterocycles. The summed E-state index contributed by atoms with van der Waals surface area (Å²) in [6.45, 7) is 6.31. The Morgan fingerprint density at radius 3 is 3.07 bits per heavy atom. The fourth-order valence-electron chi connectivity index (χ4n) is 2.37. The van der Waals surface area contributed by atoms with E-state index in [0.717, 1.165) is 5.92 Å². The minimum Gasteiger partial charge on any atom is -0.306 e. The predicted octanol–water partition coefficient (Wildman–Crippen LogP) is 2.82. The van der Waals surface area contributed by atoms with Crippen molar-refractivity contribution in [1.82, 2.24) is 4.90 Å². The van der Waals surface area contributed by atoms with E-state index >= 15 is 0 Å². The maximum atomic E-state index is 3.81. The molecule has 1 saturated heterocycles. The molecule has 1 heterocycles. The van der Waals surface area contributed by atoms with Gasteiger partial charge in [-0.25, -0.2) is 0 Å². The molecule has 0 spiro atoms. The summed E-state index contributed by atoms with van der Waals surface area (Å²) >= 11 is 0. The standard InChI is InChI=1S/C14H19N/c1-3-12-5-4-6-13(9-12)10-14-7-8-15(2)11-14/h3-6,9,14H,1,7-8,10-11H2,2H3. The molecule has 0 N–H and O–H groups in total. The van der Waals surface area contributed by atoms with Crippen LogP contribution >= 0.6 is 0 Å². The Hall–Kier alpha value is -1.08. The van der Waals surface area contributed by atoms with Crippen LogP contribution in [0.15, 0.2) is 30.8 Å². The Bertz CT molecular complexity index is 343. The van der Waals surface area contributed by atoms with Gasteiger partial charge in [-0.1, -0.05) is 36.9 Å². The van der Waals surface area contributed by atoms with Crippen LogP contribution in [0.3, 0.4) is 0 Å². The lowest BCUT2D eigenvalue weighted by Gasteiger charge is -2.10. The molecular formula is C14H19N. The van der Waals surface area contributed by atoms with Crippen molar-refractivity contribution in [2.24, 2.45) is 5.92 Å². The van der Waals surface area contributed by atoms with Gasteiger partial charge in [0.25, 0.3) is 0 Å². The number of hydrogen-bond acceptors (Lipinski definition) is 1.